The molecule has 0 atom stereocenters. The van der Waals surface area contributed by atoms with E-state index < -0.39 is 0 Å². The monoisotopic (exact) mass is 218 g/mol. The van der Waals surface area contributed by atoms with Gasteiger partial charge in [-0.2, -0.15) is 0 Å². The Bertz CT molecular complexity index is 207. The predicted molar refractivity (Wildman–Crippen MR) is 60.1 cm³/mol. The average Bonchev–Trinajstić information content (AvgIpc) is 2.02. The molecule has 0 saturated heterocycles. The summed E-state index contributed by atoms with van der Waals surface area (Å²) in [6.45, 7) is 6.84. The fraction of sp³-hybridized carbons (Fsp3) is 0.778. The molecule has 0 aliphatic rings. The van der Waals surface area contributed by atoms with Gasteiger partial charge in [0.25, 0.3) is 0 Å². The number of esters is 1. The lowest BCUT2D eigenvalue weighted by Crippen LogP contribution is -2.41. The van der Waals surface area contributed by atoms with Gasteiger partial charge in [-0.05, 0) is 20.8 Å². The number of rotatable bonds is 6. The Morgan fingerprint density at radius 1 is 1.50 bits per heavy atom. The van der Waals surface area contributed by atoms with Crippen molar-refractivity contribution >= 4 is 23.2 Å². The van der Waals surface area contributed by atoms with E-state index in [0.29, 0.717) is 18.1 Å². The van der Waals surface area contributed by atoms with Crippen LogP contribution >= 0.6 is 12.2 Å². The largest absolute Gasteiger partial charge is 0.465 e. The van der Waals surface area contributed by atoms with Gasteiger partial charge in [0.2, 0.25) is 0 Å². The molecule has 5 heteroatoms. The number of thiocarbonyl (C=S) groups is 1. The van der Waals surface area contributed by atoms with E-state index in [1.165, 1.54) is 0 Å². The Balaban J connectivity index is 4.09. The molecule has 82 valence electrons. The highest BCUT2D eigenvalue weighted by Gasteiger charge is 2.15. The minimum Gasteiger partial charge on any atom is -0.465 e. The van der Waals surface area contributed by atoms with Gasteiger partial charge < -0.3 is 10.5 Å². The summed E-state index contributed by atoms with van der Waals surface area (Å²) in [5, 5.41) is 0. The number of hydrogen-bond donors (Lipinski definition) is 1. The second-order valence-corrected chi connectivity index (χ2v) is 3.79. The lowest BCUT2D eigenvalue weighted by Gasteiger charge is -2.24. The van der Waals surface area contributed by atoms with Gasteiger partial charge in [0, 0.05) is 12.6 Å². The number of carbonyl (C=O) groups is 1. The molecule has 0 aromatic rings. The summed E-state index contributed by atoms with van der Waals surface area (Å²) in [6.07, 6.45) is 0. The second kappa shape index (κ2) is 6.73. The standard InChI is InChI=1S/C9H18N2O2S/c1-4-13-9(12)6-11(7(2)3)5-8(10)14/h7H,4-6H2,1-3H3,(H2,10,14). The molecule has 0 aliphatic heterocycles. The highest BCUT2D eigenvalue weighted by Crippen LogP contribution is 1.98. The predicted octanol–water partition coefficient (Wildman–Crippen LogP) is 0.546. The van der Waals surface area contributed by atoms with Gasteiger partial charge in [-0.1, -0.05) is 12.2 Å². The third kappa shape index (κ3) is 5.88. The summed E-state index contributed by atoms with van der Waals surface area (Å²) in [5.74, 6) is -0.238. The first kappa shape index (κ1) is 13.3. The van der Waals surface area contributed by atoms with Crippen molar-refractivity contribution in [2.75, 3.05) is 19.7 Å². The maximum absolute atomic E-state index is 11.2. The molecule has 0 saturated carbocycles. The third-order valence-corrected chi connectivity index (χ3v) is 1.86. The summed E-state index contributed by atoms with van der Waals surface area (Å²) in [4.78, 5) is 13.5. The molecule has 4 nitrogen and oxygen atoms in total. The van der Waals surface area contributed by atoms with E-state index in [9.17, 15) is 4.79 Å². The molecule has 0 aromatic heterocycles. The normalized spacial score (nSPS) is 10.6. The highest BCUT2D eigenvalue weighted by molar-refractivity contribution is 7.80. The molecule has 2 N–H and O–H groups in total. The summed E-state index contributed by atoms with van der Waals surface area (Å²) in [7, 11) is 0. The average molecular weight is 218 g/mol. The molecule has 0 aliphatic carbocycles. The van der Waals surface area contributed by atoms with Crippen molar-refractivity contribution in [3.63, 3.8) is 0 Å². The van der Waals surface area contributed by atoms with E-state index in [2.05, 4.69) is 0 Å². The minimum absolute atomic E-state index is 0.223. The summed E-state index contributed by atoms with van der Waals surface area (Å²) >= 11 is 4.79. The molecule has 0 fully saturated rings. The number of carbonyl (C=O) groups excluding carboxylic acids is 1. The van der Waals surface area contributed by atoms with Gasteiger partial charge in [-0.15, -0.1) is 0 Å². The van der Waals surface area contributed by atoms with Crippen molar-refractivity contribution in [3.05, 3.63) is 0 Å². The van der Waals surface area contributed by atoms with Crippen LogP contribution < -0.4 is 5.73 Å². The first-order chi connectivity index (χ1) is 6.47. The number of nitrogens with two attached hydrogens (primary N) is 1. The van der Waals surface area contributed by atoms with E-state index >= 15 is 0 Å². The Morgan fingerprint density at radius 3 is 2.43 bits per heavy atom. The summed E-state index contributed by atoms with van der Waals surface area (Å²) in [5.41, 5.74) is 5.42. The molecule has 14 heavy (non-hydrogen) atoms. The SMILES string of the molecule is CCOC(=O)CN(CC(N)=S)C(C)C. The summed E-state index contributed by atoms with van der Waals surface area (Å²) in [6, 6.07) is 0.223. The van der Waals surface area contributed by atoms with Crippen LogP contribution in [-0.4, -0.2) is 41.6 Å². The number of nitrogens with zero attached hydrogens (tertiary/aromatic N) is 1. The molecule has 0 amide bonds. The van der Waals surface area contributed by atoms with Gasteiger partial charge in [-0.3, -0.25) is 9.69 Å². The minimum atomic E-state index is -0.238. The van der Waals surface area contributed by atoms with Crippen molar-refractivity contribution in [2.45, 2.75) is 26.8 Å². The van der Waals surface area contributed by atoms with Crippen LogP contribution in [0.15, 0.2) is 0 Å². The molecule has 0 radical (unpaired) electrons. The third-order valence-electron chi connectivity index (χ3n) is 1.73. The van der Waals surface area contributed by atoms with Crippen molar-refractivity contribution in [3.8, 4) is 0 Å². The van der Waals surface area contributed by atoms with E-state index in [0.717, 1.165) is 0 Å². The van der Waals surface area contributed by atoms with Gasteiger partial charge >= 0.3 is 5.97 Å². The van der Waals surface area contributed by atoms with Crippen molar-refractivity contribution in [2.24, 2.45) is 5.73 Å². The van der Waals surface area contributed by atoms with Crippen LogP contribution in [0.2, 0.25) is 0 Å². The van der Waals surface area contributed by atoms with Crippen molar-refractivity contribution < 1.29 is 9.53 Å². The Kier molecular flexibility index (Phi) is 6.40. The molecule has 0 rings (SSSR count). The Morgan fingerprint density at radius 2 is 2.07 bits per heavy atom. The molecule has 0 heterocycles. The van der Waals surface area contributed by atoms with E-state index in [1.807, 2.05) is 18.7 Å². The van der Waals surface area contributed by atoms with Crippen molar-refractivity contribution in [1.29, 1.82) is 0 Å². The van der Waals surface area contributed by atoms with E-state index in [4.69, 9.17) is 22.7 Å². The van der Waals surface area contributed by atoms with Crippen LogP contribution in [-0.2, 0) is 9.53 Å². The topological polar surface area (TPSA) is 55.6 Å². The zero-order valence-electron chi connectivity index (χ0n) is 8.95. The smallest absolute Gasteiger partial charge is 0.320 e. The molecule has 0 unspecified atom stereocenters. The lowest BCUT2D eigenvalue weighted by molar-refractivity contribution is -0.144. The fourth-order valence-electron chi connectivity index (χ4n) is 0.994. The molecular weight excluding hydrogens is 200 g/mol. The van der Waals surface area contributed by atoms with Crippen LogP contribution in [0.5, 0.6) is 0 Å². The van der Waals surface area contributed by atoms with E-state index in [1.54, 1.807) is 6.92 Å². The Hall–Kier alpha value is -0.680. The number of hydrogen-bond acceptors (Lipinski definition) is 4. The van der Waals surface area contributed by atoms with Gasteiger partial charge in [0.05, 0.1) is 18.1 Å². The van der Waals surface area contributed by atoms with Gasteiger partial charge in [0.15, 0.2) is 0 Å². The van der Waals surface area contributed by atoms with Gasteiger partial charge in [-0.25, -0.2) is 0 Å². The van der Waals surface area contributed by atoms with Crippen LogP contribution in [0, 0.1) is 0 Å². The highest BCUT2D eigenvalue weighted by atomic mass is 32.1. The Labute approximate surface area is 90.4 Å². The fourth-order valence-corrected chi connectivity index (χ4v) is 1.16. The zero-order chi connectivity index (χ0) is 11.1. The quantitative estimate of drug-likeness (QED) is 0.521. The molecule has 0 aromatic carbocycles. The zero-order valence-corrected chi connectivity index (χ0v) is 9.76. The summed E-state index contributed by atoms with van der Waals surface area (Å²) < 4.78 is 4.84. The lowest BCUT2D eigenvalue weighted by atomic mass is 10.3. The molecule has 0 spiro atoms. The first-order valence-electron chi connectivity index (χ1n) is 4.65. The first-order valence-corrected chi connectivity index (χ1v) is 5.06. The maximum atomic E-state index is 11.2. The van der Waals surface area contributed by atoms with Crippen molar-refractivity contribution in [1.82, 2.24) is 4.90 Å². The van der Waals surface area contributed by atoms with Crippen LogP contribution in [0.3, 0.4) is 0 Å². The number of ether oxygens (including phenoxy) is 1. The maximum Gasteiger partial charge on any atom is 0.320 e. The second-order valence-electron chi connectivity index (χ2n) is 3.27. The van der Waals surface area contributed by atoms with Gasteiger partial charge in [0.1, 0.15) is 0 Å². The molecular formula is C9H18N2O2S. The van der Waals surface area contributed by atoms with Crippen LogP contribution in [0.25, 0.3) is 0 Å². The van der Waals surface area contributed by atoms with E-state index in [-0.39, 0.29) is 18.6 Å². The van der Waals surface area contributed by atoms with Crippen LogP contribution in [0.1, 0.15) is 20.8 Å². The molecule has 0 bridgehead atoms. The van der Waals surface area contributed by atoms with Crippen LogP contribution in [0.4, 0.5) is 0 Å².